The fraction of sp³-hybridized carbons (Fsp3) is 0.600. The third-order valence-corrected chi connectivity index (χ3v) is 4.02. The lowest BCUT2D eigenvalue weighted by Crippen LogP contribution is -2.20. The maximum atomic E-state index is 4.39. The van der Waals surface area contributed by atoms with Crippen LogP contribution in [0.25, 0.3) is 0 Å². The van der Waals surface area contributed by atoms with Gasteiger partial charge in [-0.1, -0.05) is 13.8 Å². The Labute approximate surface area is 83.4 Å². The van der Waals surface area contributed by atoms with Gasteiger partial charge in [-0.2, -0.15) is 0 Å². The van der Waals surface area contributed by atoms with E-state index in [1.807, 2.05) is 11.3 Å². The van der Waals surface area contributed by atoms with Crippen LogP contribution in [0, 0.1) is 5.41 Å². The molecule has 12 heavy (non-hydrogen) atoms. The zero-order valence-corrected chi connectivity index (χ0v) is 9.27. The maximum Gasteiger partial charge on any atom is 0.0573 e. The molecule has 1 aromatic heterocycles. The van der Waals surface area contributed by atoms with E-state index in [0.717, 1.165) is 0 Å². The Bertz CT molecular complexity index is 297. The third kappa shape index (κ3) is 1.55. The highest BCUT2D eigenvalue weighted by atomic mass is 32.2. The summed E-state index contributed by atoms with van der Waals surface area (Å²) in [4.78, 5) is 1.57. The average Bonchev–Trinajstić information content (AvgIpc) is 2.26. The molecule has 0 atom stereocenters. The predicted molar refractivity (Wildman–Crippen MR) is 57.4 cm³/mol. The summed E-state index contributed by atoms with van der Waals surface area (Å²) in [5.41, 5.74) is 2.05. The van der Waals surface area contributed by atoms with Gasteiger partial charge in [0.05, 0.1) is 4.21 Å². The highest BCUT2D eigenvalue weighted by Crippen LogP contribution is 2.39. The third-order valence-electron chi connectivity index (χ3n) is 2.58. The molecule has 0 radical (unpaired) electrons. The lowest BCUT2D eigenvalue weighted by atomic mass is 9.77. The largest absolute Gasteiger partial charge is 0.134 e. The molecule has 0 aliphatic heterocycles. The molecule has 1 heterocycles. The molecule has 0 spiro atoms. The fourth-order valence-electron chi connectivity index (χ4n) is 1.87. The van der Waals surface area contributed by atoms with Gasteiger partial charge in [-0.05, 0) is 36.3 Å². The van der Waals surface area contributed by atoms with E-state index in [-0.39, 0.29) is 0 Å². The molecule has 0 nitrogen and oxygen atoms in total. The lowest BCUT2D eigenvalue weighted by molar-refractivity contribution is 0.318. The van der Waals surface area contributed by atoms with Crippen molar-refractivity contribution in [1.82, 2.24) is 0 Å². The van der Waals surface area contributed by atoms with Crippen LogP contribution in [0.5, 0.6) is 0 Å². The van der Waals surface area contributed by atoms with Crippen molar-refractivity contribution in [3.63, 3.8) is 0 Å². The van der Waals surface area contributed by atoms with Crippen LogP contribution in [0.3, 0.4) is 0 Å². The second-order valence-corrected chi connectivity index (χ2v) is 6.30. The number of thiophene rings is 1. The van der Waals surface area contributed by atoms with Crippen molar-refractivity contribution in [2.24, 2.45) is 5.41 Å². The standard InChI is InChI=1S/C10H14S2/c1-10(2)4-3-8-7(6-10)5-9(11)12-8/h5,11H,3-4,6H2,1-2H3. The molecule has 0 saturated carbocycles. The topological polar surface area (TPSA) is 0 Å². The Morgan fingerprint density at radius 1 is 1.50 bits per heavy atom. The quantitative estimate of drug-likeness (QED) is 0.606. The molecule has 0 saturated heterocycles. The van der Waals surface area contributed by atoms with Crippen LogP contribution in [-0.4, -0.2) is 0 Å². The Balaban J connectivity index is 2.34. The van der Waals surface area contributed by atoms with Crippen LogP contribution in [-0.2, 0) is 12.8 Å². The van der Waals surface area contributed by atoms with E-state index in [9.17, 15) is 0 Å². The van der Waals surface area contributed by atoms with E-state index < -0.39 is 0 Å². The number of hydrogen-bond acceptors (Lipinski definition) is 2. The molecule has 1 aliphatic rings. The second-order valence-electron chi connectivity index (χ2n) is 4.37. The van der Waals surface area contributed by atoms with Gasteiger partial charge in [0.25, 0.3) is 0 Å². The smallest absolute Gasteiger partial charge is 0.0573 e. The minimum absolute atomic E-state index is 0.508. The van der Waals surface area contributed by atoms with Gasteiger partial charge in [0, 0.05) is 4.88 Å². The van der Waals surface area contributed by atoms with Gasteiger partial charge < -0.3 is 0 Å². The summed E-state index contributed by atoms with van der Waals surface area (Å²) >= 11 is 6.24. The first-order valence-electron chi connectivity index (χ1n) is 4.37. The van der Waals surface area contributed by atoms with E-state index >= 15 is 0 Å². The minimum atomic E-state index is 0.508. The molecular formula is C10H14S2. The summed E-state index contributed by atoms with van der Waals surface area (Å²) in [6.45, 7) is 4.71. The van der Waals surface area contributed by atoms with Gasteiger partial charge in [-0.3, -0.25) is 0 Å². The molecule has 0 bridgehead atoms. The van der Waals surface area contributed by atoms with Crippen molar-refractivity contribution in [1.29, 1.82) is 0 Å². The van der Waals surface area contributed by atoms with E-state index in [0.29, 0.717) is 5.41 Å². The van der Waals surface area contributed by atoms with Gasteiger partial charge in [0.15, 0.2) is 0 Å². The zero-order valence-electron chi connectivity index (χ0n) is 7.55. The van der Waals surface area contributed by atoms with E-state index in [1.165, 1.54) is 23.5 Å². The number of rotatable bonds is 0. The fourth-order valence-corrected chi connectivity index (χ4v) is 3.27. The summed E-state index contributed by atoms with van der Waals surface area (Å²) < 4.78 is 1.18. The average molecular weight is 198 g/mol. The Morgan fingerprint density at radius 3 is 3.00 bits per heavy atom. The summed E-state index contributed by atoms with van der Waals surface area (Å²) in [5, 5.41) is 0. The zero-order chi connectivity index (χ0) is 8.77. The monoisotopic (exact) mass is 198 g/mol. The number of aryl methyl sites for hydroxylation is 1. The predicted octanol–water partition coefficient (Wildman–Crippen LogP) is 3.55. The lowest BCUT2D eigenvalue weighted by Gasteiger charge is -2.29. The van der Waals surface area contributed by atoms with Crippen molar-refractivity contribution in [2.75, 3.05) is 0 Å². The van der Waals surface area contributed by atoms with Crippen LogP contribution in [0.2, 0.25) is 0 Å². The van der Waals surface area contributed by atoms with Crippen LogP contribution in [0.15, 0.2) is 10.3 Å². The minimum Gasteiger partial charge on any atom is -0.134 e. The number of fused-ring (bicyclic) bond motifs is 1. The van der Waals surface area contributed by atoms with Crippen LogP contribution < -0.4 is 0 Å². The molecule has 1 aliphatic carbocycles. The van der Waals surface area contributed by atoms with Crippen molar-refractivity contribution >= 4 is 24.0 Å². The summed E-state index contributed by atoms with van der Waals surface area (Å²) in [6.07, 6.45) is 3.82. The highest BCUT2D eigenvalue weighted by molar-refractivity contribution is 7.82. The van der Waals surface area contributed by atoms with E-state index in [2.05, 4.69) is 32.5 Å². The molecule has 0 fully saturated rings. The van der Waals surface area contributed by atoms with Crippen LogP contribution in [0.1, 0.15) is 30.7 Å². The molecule has 66 valence electrons. The molecule has 2 rings (SSSR count). The van der Waals surface area contributed by atoms with Gasteiger partial charge in [0.1, 0.15) is 0 Å². The van der Waals surface area contributed by atoms with Crippen molar-refractivity contribution in [2.45, 2.75) is 37.3 Å². The Hall–Kier alpha value is 0.0500. The van der Waals surface area contributed by atoms with Gasteiger partial charge in [0.2, 0.25) is 0 Å². The van der Waals surface area contributed by atoms with E-state index in [1.54, 1.807) is 10.4 Å². The molecule has 0 amide bonds. The SMILES string of the molecule is CC1(C)CCc2sc(S)cc2C1. The molecule has 0 aromatic carbocycles. The summed E-state index contributed by atoms with van der Waals surface area (Å²) in [7, 11) is 0. The number of thiol groups is 1. The Kier molecular flexibility index (Phi) is 2.00. The van der Waals surface area contributed by atoms with E-state index in [4.69, 9.17) is 0 Å². The molecule has 0 N–H and O–H groups in total. The van der Waals surface area contributed by atoms with Crippen LogP contribution >= 0.6 is 24.0 Å². The normalized spacial score (nSPS) is 20.6. The van der Waals surface area contributed by atoms with Gasteiger partial charge >= 0.3 is 0 Å². The first-order chi connectivity index (χ1) is 5.57. The maximum absolute atomic E-state index is 4.39. The highest BCUT2D eigenvalue weighted by Gasteiger charge is 2.26. The molecular weight excluding hydrogens is 184 g/mol. The number of hydrogen-bond donors (Lipinski definition) is 1. The van der Waals surface area contributed by atoms with Crippen molar-refractivity contribution in [3.8, 4) is 0 Å². The molecule has 0 unspecified atom stereocenters. The van der Waals surface area contributed by atoms with Gasteiger partial charge in [-0.15, -0.1) is 24.0 Å². The first-order valence-corrected chi connectivity index (χ1v) is 5.64. The van der Waals surface area contributed by atoms with Crippen LogP contribution in [0.4, 0.5) is 0 Å². The summed E-state index contributed by atoms with van der Waals surface area (Å²) in [6, 6.07) is 2.24. The first kappa shape index (κ1) is 8.64. The van der Waals surface area contributed by atoms with Crippen molar-refractivity contribution in [3.05, 3.63) is 16.5 Å². The summed E-state index contributed by atoms with van der Waals surface area (Å²) in [5.74, 6) is 0. The Morgan fingerprint density at radius 2 is 2.25 bits per heavy atom. The molecule has 2 heteroatoms. The molecule has 1 aromatic rings. The van der Waals surface area contributed by atoms with Crippen molar-refractivity contribution < 1.29 is 0 Å². The van der Waals surface area contributed by atoms with Gasteiger partial charge in [-0.25, -0.2) is 0 Å². The second kappa shape index (κ2) is 2.78.